The Balaban J connectivity index is 0.000000162. The van der Waals surface area contributed by atoms with Gasteiger partial charge in [-0.15, -0.1) is 0 Å². The molecular weight excluding hydrogens is 1690 g/mol. The standard InChI is InChI=1S/C33H37N3O7.C28H25NO5.C21H25NO6.C20H23NO5.CH4/c1-20(37)41-30-24-15-16-33(2,3)43-28(24)22-12-7-8-13-23(22)29(30)42-27(38)19-35-31(39)26(18-21-10-5-4-6-11-21)36-32(40)25-14-9-17-34-25;1-18(30)32-26-23-14-15-28(2,3)34-24(23)21-8-4-5-9-22(21)25(26)33-27(31)19-10-12-20(13-11-19)29-16-6-7-17-29;1-12(23)26-19-15-9-10-21(2,3)28-17(15)13-7-5-6-8-14(13)18(19)27-20(24)16(22)11-25-4;1-12(22)24-19-15-9-10-20(2,3)26-17(15)13-7-5-6-8-14(13)18(19)25-16(23)11-21-4;/h4-8,10-13,25-26,34H,9,14-19H2,1-3H3,(H,35,39)(H,36,40);4-13,16-17H,14-15H2,1-3H3;5-8,16H,9-11,22H2,1-4H3;5-8,21H,9-11H2,1-4H3;1H4/t25-,26-;;16-;;/m0.0../s1. The highest BCUT2D eigenvalue weighted by atomic mass is 16.6. The number of hydrogen-bond donors (Lipinski definition) is 5. The fraction of sp³-hybridized carbons (Fsp3) is 0.359. The van der Waals surface area contributed by atoms with Crippen LogP contribution in [0.1, 0.15) is 167 Å². The lowest BCUT2D eigenvalue weighted by Gasteiger charge is -2.34. The number of rotatable bonds is 22. The Morgan fingerprint density at radius 2 is 0.803 bits per heavy atom. The first kappa shape index (κ1) is 97.3. The Morgan fingerprint density at radius 3 is 1.16 bits per heavy atom. The average Bonchev–Trinajstić information content (AvgIpc) is 0.798. The Morgan fingerprint density at radius 1 is 0.447 bits per heavy atom. The number of ether oxygens (including phenoxy) is 13. The molecule has 0 spiro atoms. The Kier molecular flexibility index (Phi) is 31.0. The van der Waals surface area contributed by atoms with Crippen molar-refractivity contribution in [3.63, 3.8) is 0 Å². The number of aromatic nitrogens is 1. The smallest absolute Gasteiger partial charge is 0.343 e. The minimum atomic E-state index is -0.958. The van der Waals surface area contributed by atoms with E-state index in [4.69, 9.17) is 67.3 Å². The van der Waals surface area contributed by atoms with Crippen molar-refractivity contribution >= 4 is 103 Å². The molecule has 1 saturated heterocycles. The number of methoxy groups -OCH3 is 1. The van der Waals surface area contributed by atoms with E-state index in [9.17, 15) is 47.9 Å². The molecule has 0 bridgehead atoms. The normalized spacial score (nSPS) is 15.8. The topological polar surface area (TPSA) is 370 Å². The van der Waals surface area contributed by atoms with E-state index in [1.54, 1.807) is 37.4 Å². The summed E-state index contributed by atoms with van der Waals surface area (Å²) >= 11 is 0. The second kappa shape index (κ2) is 42.0. The number of hydrogen-bond acceptors (Lipinski definition) is 26. The van der Waals surface area contributed by atoms with Gasteiger partial charge in [0.15, 0.2) is 46.0 Å². The maximum Gasteiger partial charge on any atom is 0.343 e. The van der Waals surface area contributed by atoms with E-state index in [0.717, 1.165) is 76.2 Å². The minimum Gasteiger partial charge on any atom is -0.487 e. The van der Waals surface area contributed by atoms with Crippen LogP contribution in [0.2, 0.25) is 0 Å². The Hall–Kier alpha value is -13.7. The molecule has 0 unspecified atom stereocenters. The van der Waals surface area contributed by atoms with Crippen LogP contribution < -0.4 is 83.8 Å². The summed E-state index contributed by atoms with van der Waals surface area (Å²) in [6, 6.07) is 47.8. The molecule has 0 radical (unpaired) electrons. The molecule has 0 saturated carbocycles. The number of benzene rings is 10. The maximum absolute atomic E-state index is 13.3. The number of likely N-dealkylation sites (N-methyl/N-ethyl adjacent to an activating group) is 1. The van der Waals surface area contributed by atoms with Crippen molar-refractivity contribution < 1.29 is 110 Å². The summed E-state index contributed by atoms with van der Waals surface area (Å²) in [5, 5.41) is 17.0. The number of esters is 8. The van der Waals surface area contributed by atoms with Gasteiger partial charge in [0.25, 0.3) is 0 Å². The molecule has 694 valence electrons. The first-order valence-corrected chi connectivity index (χ1v) is 43.6. The molecule has 5 aliphatic heterocycles. The zero-order valence-corrected chi connectivity index (χ0v) is 76.0. The fourth-order valence-corrected chi connectivity index (χ4v) is 16.2. The lowest BCUT2D eigenvalue weighted by atomic mass is 9.91. The average molecular weight is 1800 g/mol. The van der Waals surface area contributed by atoms with E-state index in [2.05, 4.69) is 21.3 Å². The van der Waals surface area contributed by atoms with Crippen molar-refractivity contribution in [2.45, 2.75) is 202 Å². The van der Waals surface area contributed by atoms with E-state index in [0.29, 0.717) is 99.8 Å². The third-order valence-electron chi connectivity index (χ3n) is 22.6. The van der Waals surface area contributed by atoms with Gasteiger partial charge < -0.3 is 93.1 Å². The molecule has 5 aliphatic rings. The van der Waals surface area contributed by atoms with E-state index in [-0.39, 0.29) is 102 Å². The van der Waals surface area contributed by atoms with Crippen molar-refractivity contribution in [3.05, 3.63) is 210 Å². The maximum atomic E-state index is 13.3. The molecule has 1 aromatic heterocycles. The van der Waals surface area contributed by atoms with E-state index in [1.807, 2.05) is 206 Å². The summed E-state index contributed by atoms with van der Waals surface area (Å²) in [5.74, 6) is -1.04. The quantitative estimate of drug-likeness (QED) is 0.0311. The van der Waals surface area contributed by atoms with Crippen LogP contribution in [0.4, 0.5) is 0 Å². The summed E-state index contributed by atoms with van der Waals surface area (Å²) in [5.41, 5.74) is 9.37. The summed E-state index contributed by atoms with van der Waals surface area (Å²) in [7, 11) is 3.11. The first-order valence-electron chi connectivity index (χ1n) is 43.6. The van der Waals surface area contributed by atoms with Crippen molar-refractivity contribution in [3.8, 4) is 74.7 Å². The number of nitrogens with two attached hydrogens (primary N) is 1. The van der Waals surface area contributed by atoms with Crippen LogP contribution in [-0.2, 0) is 80.0 Å². The molecule has 11 aromatic rings. The molecule has 132 heavy (non-hydrogen) atoms. The molecule has 10 aromatic carbocycles. The van der Waals surface area contributed by atoms with Crippen molar-refractivity contribution in [2.24, 2.45) is 5.73 Å². The molecular formula is C103H114N6O23. The van der Waals surface area contributed by atoms with Crippen molar-refractivity contribution in [1.82, 2.24) is 25.8 Å². The van der Waals surface area contributed by atoms with Gasteiger partial charge in [-0.25, -0.2) is 14.4 Å². The van der Waals surface area contributed by atoms with Crippen LogP contribution in [-0.4, -0.2) is 145 Å². The van der Waals surface area contributed by atoms with E-state index >= 15 is 0 Å². The highest BCUT2D eigenvalue weighted by Gasteiger charge is 2.40. The second-order valence-electron chi connectivity index (χ2n) is 35.0. The molecule has 0 aliphatic carbocycles. The lowest BCUT2D eigenvalue weighted by molar-refractivity contribution is -0.138. The zero-order valence-electron chi connectivity index (χ0n) is 76.0. The summed E-state index contributed by atoms with van der Waals surface area (Å²) < 4.78 is 77.1. The van der Waals surface area contributed by atoms with Crippen molar-refractivity contribution in [1.29, 1.82) is 0 Å². The van der Waals surface area contributed by atoms with Crippen LogP contribution in [0.25, 0.3) is 48.8 Å². The van der Waals surface area contributed by atoms with Gasteiger partial charge in [-0.2, -0.15) is 0 Å². The third-order valence-corrected chi connectivity index (χ3v) is 22.6. The summed E-state index contributed by atoms with van der Waals surface area (Å²) in [6.07, 6.45) is 11.0. The number of fused-ring (bicyclic) bond motifs is 12. The molecule has 3 atom stereocenters. The number of carbonyl (C=O) groups is 10. The predicted molar refractivity (Wildman–Crippen MR) is 497 cm³/mol. The largest absolute Gasteiger partial charge is 0.487 e. The molecule has 29 nitrogen and oxygen atoms in total. The van der Waals surface area contributed by atoms with Gasteiger partial charge >= 0.3 is 47.8 Å². The molecule has 6 N–H and O–H groups in total. The van der Waals surface area contributed by atoms with Gasteiger partial charge in [0.1, 0.15) is 64.0 Å². The monoisotopic (exact) mass is 1800 g/mol. The molecule has 6 heterocycles. The van der Waals surface area contributed by atoms with Gasteiger partial charge in [0.05, 0.1) is 24.8 Å². The highest BCUT2D eigenvalue weighted by Crippen LogP contribution is 2.55. The molecule has 29 heteroatoms. The van der Waals surface area contributed by atoms with Gasteiger partial charge in [0, 0.05) is 125 Å². The van der Waals surface area contributed by atoms with Gasteiger partial charge in [-0.1, -0.05) is 135 Å². The van der Waals surface area contributed by atoms with Crippen molar-refractivity contribution in [2.75, 3.05) is 40.4 Å². The highest BCUT2D eigenvalue weighted by molar-refractivity contribution is 6.05. The fourth-order valence-electron chi connectivity index (χ4n) is 16.2. The lowest BCUT2D eigenvalue weighted by Crippen LogP contribution is -2.53. The van der Waals surface area contributed by atoms with Crippen LogP contribution in [0.5, 0.6) is 69.0 Å². The van der Waals surface area contributed by atoms with Gasteiger partial charge in [-0.05, 0) is 175 Å². The number of carbonyl (C=O) groups excluding carboxylic acids is 10. The van der Waals surface area contributed by atoms with Crippen LogP contribution in [0.3, 0.4) is 0 Å². The van der Waals surface area contributed by atoms with Gasteiger partial charge in [0.2, 0.25) is 11.8 Å². The third kappa shape index (κ3) is 23.3. The number of nitrogens with zero attached hydrogens (tertiary/aromatic N) is 1. The number of amides is 2. The molecule has 2 amide bonds. The Bertz CT molecular complexity index is 6180. The molecule has 16 rings (SSSR count). The van der Waals surface area contributed by atoms with E-state index < -0.39 is 77.9 Å². The van der Waals surface area contributed by atoms with Crippen LogP contribution in [0, 0.1) is 0 Å². The zero-order chi connectivity index (χ0) is 93.8. The second-order valence-corrected chi connectivity index (χ2v) is 35.0. The van der Waals surface area contributed by atoms with E-state index in [1.165, 1.54) is 34.8 Å². The Labute approximate surface area is 766 Å². The summed E-state index contributed by atoms with van der Waals surface area (Å²) in [6.45, 7) is 21.7. The van der Waals surface area contributed by atoms with Gasteiger partial charge in [-0.3, -0.25) is 33.6 Å². The van der Waals surface area contributed by atoms with Crippen LogP contribution >= 0.6 is 0 Å². The minimum absolute atomic E-state index is 0. The summed E-state index contributed by atoms with van der Waals surface area (Å²) in [4.78, 5) is 125. The molecule has 1 fully saturated rings. The first-order chi connectivity index (χ1) is 62.5. The number of nitrogens with one attached hydrogen (secondary N) is 4. The SMILES string of the molecule is C.CC(=O)Oc1c2c(c3ccccc3c1OC(=O)CNC(=O)[C@H](Cc1ccccc1)NC(=O)[C@@H]1CCCN1)OC(C)(C)CC2.CC(=O)Oc1c2c(c3ccccc3c1OC(=O)c1ccc(-n3cccc3)cc1)OC(C)(C)CC2.CNCC(=O)Oc1c(OC(C)=O)c2c(c3ccccc13)OC(C)(C)CC2.COC[C@H](N)C(=O)Oc1c(OC(C)=O)c2c(c3ccccc13)OC(C)(C)CC2. The predicted octanol–water partition coefficient (Wildman–Crippen LogP) is 15.6. The van der Waals surface area contributed by atoms with Crippen LogP contribution in [0.15, 0.2) is 176 Å².